The maximum atomic E-state index is 11.6. The zero-order valence-electron chi connectivity index (χ0n) is 13.1. The summed E-state index contributed by atoms with van der Waals surface area (Å²) < 4.78 is 5.11. The van der Waals surface area contributed by atoms with Gasteiger partial charge in [-0.2, -0.15) is 0 Å². The highest BCUT2D eigenvalue weighted by Crippen LogP contribution is 2.14. The number of amides is 1. The van der Waals surface area contributed by atoms with Crippen LogP contribution in [0, 0.1) is 18.8 Å². The van der Waals surface area contributed by atoms with E-state index in [4.69, 9.17) is 10.5 Å². The Morgan fingerprint density at radius 2 is 1.96 bits per heavy atom. The van der Waals surface area contributed by atoms with Gasteiger partial charge < -0.3 is 15.8 Å². The number of ether oxygens (including phenoxy) is 1. The molecule has 2 rings (SSSR count). The Morgan fingerprint density at radius 3 is 2.70 bits per heavy atom. The van der Waals surface area contributed by atoms with Gasteiger partial charge in [0, 0.05) is 18.7 Å². The molecule has 0 aliphatic heterocycles. The second-order valence-corrected chi connectivity index (χ2v) is 5.08. The fourth-order valence-corrected chi connectivity index (χ4v) is 2.01. The van der Waals surface area contributed by atoms with Crippen molar-refractivity contribution in [3.8, 4) is 11.8 Å². The van der Waals surface area contributed by atoms with Crippen LogP contribution in [0.25, 0.3) is 0 Å². The van der Waals surface area contributed by atoms with E-state index in [0.717, 1.165) is 16.7 Å². The fraction of sp³-hybridized carbons (Fsp3) is 0.211. The van der Waals surface area contributed by atoms with Crippen LogP contribution in [0.2, 0.25) is 0 Å². The number of aryl methyl sites for hydroxylation is 1. The minimum absolute atomic E-state index is 0.262. The average molecular weight is 308 g/mol. The molecule has 118 valence electrons. The molecule has 0 heterocycles. The van der Waals surface area contributed by atoms with E-state index in [-0.39, 0.29) is 6.61 Å². The number of benzene rings is 2. The monoisotopic (exact) mass is 308 g/mol. The number of nitrogen functional groups attached to an aromatic ring is 1. The molecule has 0 fully saturated rings. The Balaban J connectivity index is 1.71. The lowest BCUT2D eigenvalue weighted by Gasteiger charge is -2.05. The first-order valence-corrected chi connectivity index (χ1v) is 7.45. The maximum absolute atomic E-state index is 11.6. The van der Waals surface area contributed by atoms with E-state index in [2.05, 4.69) is 17.2 Å². The molecule has 0 radical (unpaired) electrons. The molecule has 23 heavy (non-hydrogen) atoms. The number of anilines is 1. The molecule has 0 atom stereocenters. The van der Waals surface area contributed by atoms with Crippen LogP contribution in [-0.4, -0.2) is 12.6 Å². The molecule has 0 aliphatic carbocycles. The summed E-state index contributed by atoms with van der Waals surface area (Å²) >= 11 is 0. The number of nitrogens with two attached hydrogens (primary N) is 1. The lowest BCUT2D eigenvalue weighted by atomic mass is 10.1. The summed E-state index contributed by atoms with van der Waals surface area (Å²) in [5.74, 6) is 6.06. The van der Waals surface area contributed by atoms with Crippen LogP contribution in [0.3, 0.4) is 0 Å². The van der Waals surface area contributed by atoms with Gasteiger partial charge in [-0.05, 0) is 24.1 Å². The number of hydrogen-bond acceptors (Lipinski definition) is 3. The summed E-state index contributed by atoms with van der Waals surface area (Å²) in [4.78, 5) is 11.6. The number of alkyl carbamates (subject to hydrolysis) is 1. The standard InChI is InChI=1S/C19H20N2O2/c1-15-8-7-12-18(20)17(15)11-5-6-13-21-19(22)23-14-16-9-3-2-4-10-16/h2-4,7-10,12H,6,13-14,20H2,1H3,(H,21,22). The summed E-state index contributed by atoms with van der Waals surface area (Å²) in [5, 5.41) is 2.67. The van der Waals surface area contributed by atoms with Crippen LogP contribution in [-0.2, 0) is 11.3 Å². The number of carbonyl (C=O) groups is 1. The molecular weight excluding hydrogens is 288 g/mol. The van der Waals surface area contributed by atoms with Gasteiger partial charge in [0.25, 0.3) is 0 Å². The fourth-order valence-electron chi connectivity index (χ4n) is 2.01. The molecule has 1 amide bonds. The lowest BCUT2D eigenvalue weighted by molar-refractivity contribution is 0.140. The van der Waals surface area contributed by atoms with Crippen LogP contribution in [0.4, 0.5) is 10.5 Å². The summed E-state index contributed by atoms with van der Waals surface area (Å²) in [6.45, 7) is 2.67. The highest BCUT2D eigenvalue weighted by Gasteiger charge is 2.01. The van der Waals surface area contributed by atoms with E-state index in [9.17, 15) is 4.79 Å². The summed E-state index contributed by atoms with van der Waals surface area (Å²) in [6, 6.07) is 15.3. The third kappa shape index (κ3) is 5.40. The van der Waals surface area contributed by atoms with Gasteiger partial charge in [0.15, 0.2) is 0 Å². The smallest absolute Gasteiger partial charge is 0.407 e. The number of carbonyl (C=O) groups excluding carboxylic acids is 1. The van der Waals surface area contributed by atoms with Crippen molar-refractivity contribution in [3.63, 3.8) is 0 Å². The molecule has 4 nitrogen and oxygen atoms in total. The predicted octanol–water partition coefficient (Wildman–Crippen LogP) is 3.25. The van der Waals surface area contributed by atoms with Crippen molar-refractivity contribution < 1.29 is 9.53 Å². The van der Waals surface area contributed by atoms with Crippen molar-refractivity contribution >= 4 is 11.8 Å². The first-order chi connectivity index (χ1) is 11.2. The van der Waals surface area contributed by atoms with Gasteiger partial charge in [-0.25, -0.2) is 4.79 Å². The van der Waals surface area contributed by atoms with E-state index in [1.165, 1.54) is 0 Å². The molecule has 0 saturated carbocycles. The number of hydrogen-bond donors (Lipinski definition) is 2. The van der Waals surface area contributed by atoms with Crippen molar-refractivity contribution in [2.24, 2.45) is 0 Å². The molecule has 3 N–H and O–H groups in total. The van der Waals surface area contributed by atoms with Gasteiger partial charge in [-0.1, -0.05) is 54.3 Å². The normalized spacial score (nSPS) is 9.61. The van der Waals surface area contributed by atoms with E-state index < -0.39 is 6.09 Å². The van der Waals surface area contributed by atoms with E-state index in [1.807, 2.05) is 55.5 Å². The third-order valence-corrected chi connectivity index (χ3v) is 3.25. The highest BCUT2D eigenvalue weighted by atomic mass is 16.5. The molecule has 0 bridgehead atoms. The Labute approximate surface area is 136 Å². The van der Waals surface area contributed by atoms with E-state index in [0.29, 0.717) is 18.7 Å². The van der Waals surface area contributed by atoms with Gasteiger partial charge in [-0.15, -0.1) is 0 Å². The maximum Gasteiger partial charge on any atom is 0.407 e. The van der Waals surface area contributed by atoms with Crippen molar-refractivity contribution in [1.29, 1.82) is 0 Å². The van der Waals surface area contributed by atoms with Gasteiger partial charge in [0.1, 0.15) is 6.61 Å². The first kappa shape index (κ1) is 16.4. The van der Waals surface area contributed by atoms with Crippen LogP contribution < -0.4 is 11.1 Å². The second kappa shape index (κ2) is 8.50. The predicted molar refractivity (Wildman–Crippen MR) is 91.7 cm³/mol. The zero-order chi connectivity index (χ0) is 16.5. The van der Waals surface area contributed by atoms with Crippen molar-refractivity contribution in [1.82, 2.24) is 5.32 Å². The van der Waals surface area contributed by atoms with Crippen LogP contribution in [0.1, 0.15) is 23.1 Å². The average Bonchev–Trinajstić information content (AvgIpc) is 2.56. The molecular formula is C19H20N2O2. The van der Waals surface area contributed by atoms with Crippen molar-refractivity contribution in [2.45, 2.75) is 20.0 Å². The Kier molecular flexibility index (Phi) is 6.07. The molecule has 2 aromatic rings. The number of nitrogens with one attached hydrogen (secondary N) is 1. The van der Waals surface area contributed by atoms with E-state index >= 15 is 0 Å². The Hall–Kier alpha value is -2.93. The Morgan fingerprint density at radius 1 is 1.17 bits per heavy atom. The largest absolute Gasteiger partial charge is 0.445 e. The first-order valence-electron chi connectivity index (χ1n) is 7.45. The zero-order valence-corrected chi connectivity index (χ0v) is 13.1. The van der Waals surface area contributed by atoms with Crippen molar-refractivity contribution in [3.05, 3.63) is 65.2 Å². The van der Waals surface area contributed by atoms with Gasteiger partial charge >= 0.3 is 6.09 Å². The summed E-state index contributed by atoms with van der Waals surface area (Å²) in [5.41, 5.74) is 9.41. The van der Waals surface area contributed by atoms with Crippen LogP contribution in [0.5, 0.6) is 0 Å². The molecule has 2 aromatic carbocycles. The Bertz CT molecular complexity index is 695. The van der Waals surface area contributed by atoms with Gasteiger partial charge in [0.05, 0.1) is 5.56 Å². The molecule has 0 aliphatic rings. The lowest BCUT2D eigenvalue weighted by Crippen LogP contribution is -2.24. The van der Waals surface area contributed by atoms with Crippen LogP contribution >= 0.6 is 0 Å². The third-order valence-electron chi connectivity index (χ3n) is 3.25. The van der Waals surface area contributed by atoms with Crippen molar-refractivity contribution in [2.75, 3.05) is 12.3 Å². The molecule has 0 spiro atoms. The molecule has 4 heteroatoms. The molecule has 0 unspecified atom stereocenters. The van der Waals surface area contributed by atoms with E-state index in [1.54, 1.807) is 0 Å². The van der Waals surface area contributed by atoms with Crippen LogP contribution in [0.15, 0.2) is 48.5 Å². The number of rotatable bonds is 4. The summed E-state index contributed by atoms with van der Waals surface area (Å²) in [6.07, 6.45) is 0.0971. The quantitative estimate of drug-likeness (QED) is 0.518. The minimum atomic E-state index is -0.439. The minimum Gasteiger partial charge on any atom is -0.445 e. The SMILES string of the molecule is Cc1cccc(N)c1C#CCCNC(=O)OCc1ccccc1. The molecule has 0 saturated heterocycles. The van der Waals surface area contributed by atoms with Gasteiger partial charge in [-0.3, -0.25) is 0 Å². The second-order valence-electron chi connectivity index (χ2n) is 5.08. The topological polar surface area (TPSA) is 64.3 Å². The summed E-state index contributed by atoms with van der Waals surface area (Å²) in [7, 11) is 0. The molecule has 0 aromatic heterocycles. The highest BCUT2D eigenvalue weighted by molar-refractivity contribution is 5.67. The van der Waals surface area contributed by atoms with Gasteiger partial charge in [0.2, 0.25) is 0 Å².